The number of nitrogens with zero attached hydrogens (tertiary/aromatic N) is 1. The Bertz CT molecular complexity index is 371. The van der Waals surface area contributed by atoms with Crippen molar-refractivity contribution < 1.29 is 18.7 Å². The minimum absolute atomic E-state index is 0.212. The van der Waals surface area contributed by atoms with Crippen LogP contribution in [0.4, 0.5) is 8.78 Å². The second kappa shape index (κ2) is 5.16. The van der Waals surface area contributed by atoms with E-state index in [1.54, 1.807) is 0 Å². The highest BCUT2D eigenvalue weighted by atomic mass is 79.9. The van der Waals surface area contributed by atoms with E-state index in [9.17, 15) is 13.6 Å². The second-order valence-corrected chi connectivity index (χ2v) is 3.45. The lowest BCUT2D eigenvalue weighted by Crippen LogP contribution is -2.04. The highest BCUT2D eigenvalue weighted by molar-refractivity contribution is 9.08. The van der Waals surface area contributed by atoms with E-state index in [0.29, 0.717) is 11.1 Å². The van der Waals surface area contributed by atoms with E-state index in [0.717, 1.165) is 0 Å². The summed E-state index contributed by atoms with van der Waals surface area (Å²) in [6.07, 6.45) is -1.69. The summed E-state index contributed by atoms with van der Waals surface area (Å²) in [6, 6.07) is 1.43. The van der Waals surface area contributed by atoms with Gasteiger partial charge in [-0.3, -0.25) is 9.78 Å². The summed E-state index contributed by atoms with van der Waals surface area (Å²) in [6.45, 7) is 0. The molecule has 0 amide bonds. The predicted molar refractivity (Wildman–Crippen MR) is 53.2 cm³/mol. The molecule has 1 N–H and O–H groups in total. The third-order valence-electron chi connectivity index (χ3n) is 1.76. The average molecular weight is 280 g/mol. The molecule has 0 saturated heterocycles. The van der Waals surface area contributed by atoms with Crippen molar-refractivity contribution in [2.75, 3.05) is 0 Å². The molecule has 0 atom stereocenters. The summed E-state index contributed by atoms with van der Waals surface area (Å²) < 4.78 is 24.8. The van der Waals surface area contributed by atoms with Crippen LogP contribution in [0, 0.1) is 0 Å². The molecule has 1 aromatic rings. The fourth-order valence-corrected chi connectivity index (χ4v) is 1.59. The summed E-state index contributed by atoms with van der Waals surface area (Å²) in [7, 11) is 0. The van der Waals surface area contributed by atoms with Crippen molar-refractivity contribution in [2.45, 2.75) is 18.2 Å². The highest BCUT2D eigenvalue weighted by Crippen LogP contribution is 2.23. The molecule has 0 spiro atoms. The van der Waals surface area contributed by atoms with Gasteiger partial charge in [-0.2, -0.15) is 0 Å². The average Bonchev–Trinajstić information content (AvgIpc) is 2.16. The number of alkyl halides is 3. The Labute approximate surface area is 93.3 Å². The van der Waals surface area contributed by atoms with Crippen molar-refractivity contribution in [1.29, 1.82) is 0 Å². The number of aliphatic carboxylic acids is 1. The minimum atomic E-state index is -2.64. The summed E-state index contributed by atoms with van der Waals surface area (Å²) in [4.78, 5) is 14.0. The van der Waals surface area contributed by atoms with E-state index in [-0.39, 0.29) is 17.4 Å². The van der Waals surface area contributed by atoms with Gasteiger partial charge in [-0.1, -0.05) is 22.0 Å². The maximum Gasteiger partial charge on any atom is 0.307 e. The number of halogens is 3. The van der Waals surface area contributed by atoms with Gasteiger partial charge >= 0.3 is 5.97 Å². The van der Waals surface area contributed by atoms with Gasteiger partial charge in [-0.15, -0.1) is 0 Å². The van der Waals surface area contributed by atoms with Crippen LogP contribution in [0.1, 0.15) is 23.2 Å². The molecule has 1 rings (SSSR count). The predicted octanol–water partition coefficient (Wildman–Crippen LogP) is 2.54. The number of carboxylic acid groups (broad SMARTS) is 1. The molecule has 82 valence electrons. The molecule has 0 bridgehead atoms. The van der Waals surface area contributed by atoms with Gasteiger partial charge in [0.25, 0.3) is 6.43 Å². The van der Waals surface area contributed by atoms with Crippen molar-refractivity contribution in [2.24, 2.45) is 0 Å². The Hall–Kier alpha value is -1.04. The number of pyridine rings is 1. The van der Waals surface area contributed by atoms with Gasteiger partial charge in [0, 0.05) is 11.5 Å². The number of carbonyl (C=O) groups is 1. The summed E-state index contributed by atoms with van der Waals surface area (Å²) in [5.74, 6) is -1.01. The van der Waals surface area contributed by atoms with Crippen LogP contribution in [-0.2, 0) is 16.5 Å². The Morgan fingerprint density at radius 2 is 2.27 bits per heavy atom. The third-order valence-corrected chi connectivity index (χ3v) is 2.37. The molecule has 1 heterocycles. The second-order valence-electron chi connectivity index (χ2n) is 2.89. The Balaban J connectivity index is 3.02. The number of hydrogen-bond donors (Lipinski definition) is 1. The number of rotatable bonds is 4. The summed E-state index contributed by atoms with van der Waals surface area (Å²) in [5.41, 5.74) is 0.436. The molecule has 3 nitrogen and oxygen atoms in total. The van der Waals surface area contributed by atoms with E-state index < -0.39 is 12.4 Å². The van der Waals surface area contributed by atoms with Crippen molar-refractivity contribution in [3.63, 3.8) is 0 Å². The largest absolute Gasteiger partial charge is 0.481 e. The van der Waals surface area contributed by atoms with Crippen LogP contribution in [0.15, 0.2) is 12.3 Å². The molecular formula is C9H8BrF2NO2. The van der Waals surface area contributed by atoms with Crippen molar-refractivity contribution in [3.05, 3.63) is 29.1 Å². The molecule has 0 saturated carbocycles. The van der Waals surface area contributed by atoms with Crippen LogP contribution in [-0.4, -0.2) is 16.1 Å². The van der Waals surface area contributed by atoms with Gasteiger partial charge in [-0.05, 0) is 11.1 Å². The van der Waals surface area contributed by atoms with E-state index in [1.165, 1.54) is 12.3 Å². The van der Waals surface area contributed by atoms with Gasteiger partial charge in [-0.25, -0.2) is 8.78 Å². The number of aromatic nitrogens is 1. The van der Waals surface area contributed by atoms with Crippen LogP contribution in [0.2, 0.25) is 0 Å². The molecule has 0 aliphatic rings. The van der Waals surface area contributed by atoms with Gasteiger partial charge in [0.2, 0.25) is 0 Å². The topological polar surface area (TPSA) is 50.2 Å². The maximum atomic E-state index is 12.4. The first-order valence-corrected chi connectivity index (χ1v) is 5.20. The van der Waals surface area contributed by atoms with Crippen LogP contribution in [0.3, 0.4) is 0 Å². The lowest BCUT2D eigenvalue weighted by atomic mass is 10.1. The lowest BCUT2D eigenvalue weighted by molar-refractivity contribution is -0.136. The fraction of sp³-hybridized carbons (Fsp3) is 0.333. The number of hydrogen-bond acceptors (Lipinski definition) is 2. The summed E-state index contributed by atoms with van der Waals surface area (Å²) in [5, 5.41) is 8.75. The smallest absolute Gasteiger partial charge is 0.307 e. The van der Waals surface area contributed by atoms with Crippen LogP contribution < -0.4 is 0 Å². The van der Waals surface area contributed by atoms with Crippen LogP contribution in [0.5, 0.6) is 0 Å². The zero-order valence-electron chi connectivity index (χ0n) is 7.58. The van der Waals surface area contributed by atoms with Gasteiger partial charge in [0.1, 0.15) is 5.69 Å². The molecule has 0 aliphatic heterocycles. The monoisotopic (exact) mass is 279 g/mol. The van der Waals surface area contributed by atoms with E-state index in [2.05, 4.69) is 20.9 Å². The maximum absolute atomic E-state index is 12.4. The molecule has 0 aliphatic carbocycles. The van der Waals surface area contributed by atoms with Crippen molar-refractivity contribution in [3.8, 4) is 0 Å². The lowest BCUT2D eigenvalue weighted by Gasteiger charge is -2.06. The first kappa shape index (κ1) is 12.0. The van der Waals surface area contributed by atoms with Gasteiger partial charge in [0.15, 0.2) is 0 Å². The zero-order chi connectivity index (χ0) is 11.4. The number of carboxylic acids is 1. The van der Waals surface area contributed by atoms with Crippen LogP contribution in [0.25, 0.3) is 0 Å². The highest BCUT2D eigenvalue weighted by Gasteiger charge is 2.15. The quantitative estimate of drug-likeness (QED) is 0.862. The standard InChI is InChI=1S/C9H8BrF2NO2/c10-3-6-1-5(2-7(14)15)4-13-8(6)9(11)12/h1,4,9H,2-3H2,(H,14,15). The van der Waals surface area contributed by atoms with Crippen molar-refractivity contribution in [1.82, 2.24) is 4.98 Å². The molecule has 1 aromatic heterocycles. The fourth-order valence-electron chi connectivity index (χ4n) is 1.15. The molecular weight excluding hydrogens is 272 g/mol. The molecule has 0 unspecified atom stereocenters. The first-order chi connectivity index (χ1) is 7.04. The molecule has 0 aromatic carbocycles. The SMILES string of the molecule is O=C(O)Cc1cnc(C(F)F)c(CBr)c1. The molecule has 0 radical (unpaired) electrons. The van der Waals surface area contributed by atoms with Crippen LogP contribution >= 0.6 is 15.9 Å². The summed E-state index contributed by atoms with van der Waals surface area (Å²) >= 11 is 3.06. The van der Waals surface area contributed by atoms with Crippen molar-refractivity contribution >= 4 is 21.9 Å². The first-order valence-electron chi connectivity index (χ1n) is 4.08. The minimum Gasteiger partial charge on any atom is -0.481 e. The zero-order valence-corrected chi connectivity index (χ0v) is 9.17. The normalized spacial score (nSPS) is 10.7. The van der Waals surface area contributed by atoms with E-state index >= 15 is 0 Å². The molecule has 0 fully saturated rings. The Kier molecular flexibility index (Phi) is 4.14. The van der Waals surface area contributed by atoms with E-state index in [4.69, 9.17) is 5.11 Å². The Morgan fingerprint density at radius 1 is 1.60 bits per heavy atom. The molecule has 15 heavy (non-hydrogen) atoms. The molecule has 6 heteroatoms. The van der Waals surface area contributed by atoms with Gasteiger partial charge < -0.3 is 5.11 Å². The Morgan fingerprint density at radius 3 is 2.73 bits per heavy atom. The third kappa shape index (κ3) is 3.23. The van der Waals surface area contributed by atoms with E-state index in [1.807, 2.05) is 0 Å². The van der Waals surface area contributed by atoms with Gasteiger partial charge in [0.05, 0.1) is 6.42 Å².